The van der Waals surface area contributed by atoms with Gasteiger partial charge in [0, 0.05) is 21.9 Å². The smallest absolute Gasteiger partial charge is 0.152 e. The van der Waals surface area contributed by atoms with Gasteiger partial charge in [-0.3, -0.25) is 0 Å². The molecule has 2 aromatic carbocycles. The molecule has 0 N–H and O–H groups in total. The number of hydrogen-bond acceptors (Lipinski definition) is 4. The minimum Gasteiger partial charge on any atom is -0.233 e. The van der Waals surface area contributed by atoms with Crippen molar-refractivity contribution in [3.05, 3.63) is 69.4 Å². The first-order chi connectivity index (χ1) is 12.5. The molecule has 0 aliphatic rings. The fraction of sp³-hybridized carbons (Fsp3) is 0.182. The Balaban J connectivity index is 1.67. The fourth-order valence-corrected chi connectivity index (χ4v) is 4.88. The van der Waals surface area contributed by atoms with Crippen LogP contribution in [0.1, 0.15) is 22.3 Å². The minimum absolute atomic E-state index is 0.987. The van der Waals surface area contributed by atoms with Crippen LogP contribution in [0.5, 0.6) is 0 Å². The summed E-state index contributed by atoms with van der Waals surface area (Å²) in [4.78, 5) is 9.70. The van der Waals surface area contributed by atoms with E-state index in [4.69, 9.17) is 9.97 Å². The Labute approximate surface area is 162 Å². The molecule has 0 unspecified atom stereocenters. The van der Waals surface area contributed by atoms with E-state index in [1.54, 1.807) is 22.7 Å². The van der Waals surface area contributed by atoms with Crippen LogP contribution in [0.4, 0.5) is 0 Å². The van der Waals surface area contributed by atoms with Gasteiger partial charge in [-0.25, -0.2) is 9.97 Å². The molecule has 0 spiro atoms. The van der Waals surface area contributed by atoms with Crippen LogP contribution >= 0.6 is 22.7 Å². The first-order valence-electron chi connectivity index (χ1n) is 8.58. The zero-order chi connectivity index (χ0) is 18.3. The van der Waals surface area contributed by atoms with Crippen molar-refractivity contribution in [3.8, 4) is 32.5 Å². The topological polar surface area (TPSA) is 25.8 Å². The van der Waals surface area contributed by atoms with E-state index < -0.39 is 0 Å². The molecular formula is C22H20N2S2. The van der Waals surface area contributed by atoms with Crippen LogP contribution in [0.3, 0.4) is 0 Å². The maximum atomic E-state index is 4.85. The molecule has 130 valence electrons. The quantitative estimate of drug-likeness (QED) is 0.391. The lowest BCUT2D eigenvalue weighted by atomic mass is 10.0. The standard InChI is InChI=1S/C22H20N2S2/c1-13-5-7-17(15(3)9-13)19-11-25-21(23-19)22-24-20(12-26-22)18-8-6-14(2)10-16(18)4/h5-12H,1-4H3. The molecule has 0 bridgehead atoms. The van der Waals surface area contributed by atoms with E-state index in [0.29, 0.717) is 0 Å². The Morgan fingerprint density at radius 2 is 1.04 bits per heavy atom. The van der Waals surface area contributed by atoms with Crippen LogP contribution in [-0.2, 0) is 0 Å². The summed E-state index contributed by atoms with van der Waals surface area (Å²) in [6.07, 6.45) is 0. The predicted octanol–water partition coefficient (Wildman–Crippen LogP) is 6.83. The van der Waals surface area contributed by atoms with Crippen LogP contribution in [0.15, 0.2) is 47.2 Å². The lowest BCUT2D eigenvalue weighted by Gasteiger charge is -2.03. The van der Waals surface area contributed by atoms with Gasteiger partial charge in [0.25, 0.3) is 0 Å². The molecule has 4 rings (SSSR count). The van der Waals surface area contributed by atoms with Crippen LogP contribution in [0, 0.1) is 27.7 Å². The SMILES string of the molecule is Cc1ccc(-c2csc(-c3nc(-c4ccc(C)cc4C)cs3)n2)c(C)c1. The second-order valence-corrected chi connectivity index (χ2v) is 8.43. The number of rotatable bonds is 3. The summed E-state index contributed by atoms with van der Waals surface area (Å²) in [5, 5.41) is 6.23. The van der Waals surface area contributed by atoms with Crippen molar-refractivity contribution in [3.63, 3.8) is 0 Å². The van der Waals surface area contributed by atoms with Crippen molar-refractivity contribution in [1.29, 1.82) is 0 Å². The molecule has 0 saturated carbocycles. The highest BCUT2D eigenvalue weighted by Gasteiger charge is 2.13. The average molecular weight is 377 g/mol. The molecule has 2 aromatic heterocycles. The number of hydrogen-bond donors (Lipinski definition) is 0. The summed E-state index contributed by atoms with van der Waals surface area (Å²) in [6.45, 7) is 8.52. The van der Waals surface area contributed by atoms with E-state index >= 15 is 0 Å². The Morgan fingerprint density at radius 3 is 1.42 bits per heavy atom. The summed E-state index contributed by atoms with van der Waals surface area (Å²) in [5.41, 5.74) is 9.54. The number of nitrogens with zero attached hydrogens (tertiary/aromatic N) is 2. The lowest BCUT2D eigenvalue weighted by molar-refractivity contribution is 1.31. The van der Waals surface area contributed by atoms with Gasteiger partial charge in [-0.05, 0) is 38.8 Å². The van der Waals surface area contributed by atoms with Crippen LogP contribution in [-0.4, -0.2) is 9.97 Å². The molecule has 26 heavy (non-hydrogen) atoms. The predicted molar refractivity (Wildman–Crippen MR) is 113 cm³/mol. The number of benzene rings is 2. The first-order valence-corrected chi connectivity index (χ1v) is 10.3. The van der Waals surface area contributed by atoms with Crippen LogP contribution < -0.4 is 0 Å². The van der Waals surface area contributed by atoms with Crippen LogP contribution in [0.2, 0.25) is 0 Å². The molecule has 0 fully saturated rings. The van der Waals surface area contributed by atoms with Gasteiger partial charge in [-0.15, -0.1) is 22.7 Å². The third-order valence-electron chi connectivity index (χ3n) is 4.51. The van der Waals surface area contributed by atoms with Crippen molar-refractivity contribution in [2.45, 2.75) is 27.7 Å². The third kappa shape index (κ3) is 3.22. The second kappa shape index (κ2) is 6.78. The molecule has 4 heteroatoms. The van der Waals surface area contributed by atoms with Gasteiger partial charge in [0.2, 0.25) is 0 Å². The van der Waals surface area contributed by atoms with Gasteiger partial charge < -0.3 is 0 Å². The van der Waals surface area contributed by atoms with Crippen molar-refractivity contribution >= 4 is 22.7 Å². The summed E-state index contributed by atoms with van der Waals surface area (Å²) >= 11 is 3.32. The Kier molecular flexibility index (Phi) is 4.47. The molecule has 2 heterocycles. The Hall–Kier alpha value is -2.30. The van der Waals surface area contributed by atoms with E-state index in [0.717, 1.165) is 21.4 Å². The molecule has 4 aromatic rings. The van der Waals surface area contributed by atoms with Gasteiger partial charge >= 0.3 is 0 Å². The molecule has 2 nitrogen and oxygen atoms in total. The largest absolute Gasteiger partial charge is 0.233 e. The average Bonchev–Trinajstić information content (AvgIpc) is 3.24. The lowest BCUT2D eigenvalue weighted by Crippen LogP contribution is -1.86. The van der Waals surface area contributed by atoms with Crippen molar-refractivity contribution in [2.24, 2.45) is 0 Å². The molecule has 0 saturated heterocycles. The number of thiazole rings is 2. The zero-order valence-corrected chi connectivity index (χ0v) is 17.0. The Bertz CT molecular complexity index is 1000. The number of aryl methyl sites for hydroxylation is 4. The van der Waals surface area contributed by atoms with E-state index in [2.05, 4.69) is 74.9 Å². The summed E-state index contributed by atoms with van der Waals surface area (Å²) in [5.74, 6) is 0. The van der Waals surface area contributed by atoms with Crippen LogP contribution in [0.25, 0.3) is 32.5 Å². The molecule has 0 amide bonds. The highest BCUT2D eigenvalue weighted by molar-refractivity contribution is 7.20. The fourth-order valence-electron chi connectivity index (χ4n) is 3.19. The normalized spacial score (nSPS) is 11.1. The summed E-state index contributed by atoms with van der Waals surface area (Å²) in [7, 11) is 0. The van der Waals surface area contributed by atoms with Gasteiger partial charge in [0.05, 0.1) is 11.4 Å². The zero-order valence-electron chi connectivity index (χ0n) is 15.3. The summed E-state index contributed by atoms with van der Waals surface area (Å²) < 4.78 is 0. The van der Waals surface area contributed by atoms with E-state index in [1.165, 1.54) is 33.4 Å². The van der Waals surface area contributed by atoms with Gasteiger partial charge in [-0.2, -0.15) is 0 Å². The van der Waals surface area contributed by atoms with Crippen molar-refractivity contribution < 1.29 is 0 Å². The van der Waals surface area contributed by atoms with E-state index in [-0.39, 0.29) is 0 Å². The molecule has 0 atom stereocenters. The van der Waals surface area contributed by atoms with Gasteiger partial charge in [0.15, 0.2) is 10.0 Å². The van der Waals surface area contributed by atoms with Crippen molar-refractivity contribution in [1.82, 2.24) is 9.97 Å². The van der Waals surface area contributed by atoms with Crippen molar-refractivity contribution in [2.75, 3.05) is 0 Å². The van der Waals surface area contributed by atoms with Gasteiger partial charge in [0.1, 0.15) is 0 Å². The maximum absolute atomic E-state index is 4.85. The minimum atomic E-state index is 0.987. The van der Waals surface area contributed by atoms with Gasteiger partial charge in [-0.1, -0.05) is 47.5 Å². The molecule has 0 radical (unpaired) electrons. The van der Waals surface area contributed by atoms with E-state index in [9.17, 15) is 0 Å². The number of aromatic nitrogens is 2. The monoisotopic (exact) mass is 376 g/mol. The molecule has 0 aliphatic carbocycles. The second-order valence-electron chi connectivity index (χ2n) is 6.71. The highest BCUT2D eigenvalue weighted by atomic mass is 32.1. The highest BCUT2D eigenvalue weighted by Crippen LogP contribution is 2.35. The maximum Gasteiger partial charge on any atom is 0.152 e. The first kappa shape index (κ1) is 17.1. The Morgan fingerprint density at radius 1 is 0.615 bits per heavy atom. The van der Waals surface area contributed by atoms with E-state index in [1.807, 2.05) is 0 Å². The molecular weight excluding hydrogens is 356 g/mol. The third-order valence-corrected chi connectivity index (χ3v) is 6.33. The molecule has 0 aliphatic heterocycles. The summed E-state index contributed by atoms with van der Waals surface area (Å²) in [6, 6.07) is 13.0.